The number of rotatable bonds is 6. The number of hydrogen-bond donors (Lipinski definition) is 3. The molecule has 0 unspecified atom stereocenters. The van der Waals surface area contributed by atoms with Crippen LogP contribution in [-0.2, 0) is 13.1 Å². The van der Waals surface area contributed by atoms with Gasteiger partial charge in [-0.05, 0) is 42.3 Å². The number of halogens is 2. The van der Waals surface area contributed by atoms with Gasteiger partial charge in [-0.2, -0.15) is 9.50 Å². The number of anilines is 2. The largest absolute Gasteiger partial charge is 0.379 e. The van der Waals surface area contributed by atoms with E-state index in [1.54, 1.807) is 12.1 Å². The Kier molecular flexibility index (Phi) is 5.18. The Morgan fingerprint density at radius 3 is 2.66 bits per heavy atom. The molecule has 0 saturated heterocycles. The van der Waals surface area contributed by atoms with Crippen molar-refractivity contribution in [2.45, 2.75) is 20.0 Å². The molecule has 2 aromatic heterocycles. The van der Waals surface area contributed by atoms with Gasteiger partial charge in [0, 0.05) is 23.3 Å². The Balaban J connectivity index is 1.50. The van der Waals surface area contributed by atoms with E-state index in [2.05, 4.69) is 25.7 Å². The van der Waals surface area contributed by atoms with Gasteiger partial charge in [-0.25, -0.2) is 9.37 Å². The van der Waals surface area contributed by atoms with Gasteiger partial charge < -0.3 is 10.6 Å². The molecule has 3 N–H and O–H groups in total. The van der Waals surface area contributed by atoms with Crippen molar-refractivity contribution in [2.75, 3.05) is 10.6 Å². The fourth-order valence-electron chi connectivity index (χ4n) is 2.86. The summed E-state index contributed by atoms with van der Waals surface area (Å²) in [5, 5.41) is 9.81. The highest BCUT2D eigenvalue weighted by Crippen LogP contribution is 2.20. The minimum Gasteiger partial charge on any atom is -0.379 e. The quantitative estimate of drug-likeness (QED) is 0.449. The molecule has 9 heteroatoms. The van der Waals surface area contributed by atoms with Crippen LogP contribution in [0, 0.1) is 12.7 Å². The number of aromatic nitrogens is 4. The standard InChI is InChI=1S/C20H18ClFN6O/c1-12-2-5-14(21)8-17(12)23-11-16-9-18(29)28-20(25-16)26-19(27-28)24-10-13-3-6-15(22)7-4-13/h2-9,23H,10-11H2,1H3,(H2,24,25,26,27). The lowest BCUT2D eigenvalue weighted by Gasteiger charge is -2.09. The van der Waals surface area contributed by atoms with E-state index in [0.717, 1.165) is 16.8 Å². The normalized spacial score (nSPS) is 11.0. The number of fused-ring (bicyclic) bond motifs is 1. The van der Waals surface area contributed by atoms with Crippen LogP contribution in [0.25, 0.3) is 5.78 Å². The number of aromatic amines is 1. The molecule has 0 aliphatic rings. The summed E-state index contributed by atoms with van der Waals surface area (Å²) in [7, 11) is 0. The summed E-state index contributed by atoms with van der Waals surface area (Å²) in [6, 6.07) is 13.2. The molecule has 7 nitrogen and oxygen atoms in total. The van der Waals surface area contributed by atoms with Gasteiger partial charge in [0.2, 0.25) is 5.95 Å². The van der Waals surface area contributed by atoms with Crippen LogP contribution in [0.3, 0.4) is 0 Å². The Hall–Kier alpha value is -3.39. The molecule has 4 aromatic rings. The van der Waals surface area contributed by atoms with Crippen molar-refractivity contribution in [2.24, 2.45) is 0 Å². The molecule has 2 aromatic carbocycles. The third-order valence-electron chi connectivity index (χ3n) is 4.42. The molecule has 148 valence electrons. The smallest absolute Gasteiger partial charge is 0.274 e. The summed E-state index contributed by atoms with van der Waals surface area (Å²) in [4.78, 5) is 21.1. The van der Waals surface area contributed by atoms with Crippen molar-refractivity contribution in [3.8, 4) is 0 Å². The maximum Gasteiger partial charge on any atom is 0.274 e. The molecule has 0 fully saturated rings. The average Bonchev–Trinajstić information content (AvgIpc) is 3.12. The van der Waals surface area contributed by atoms with Crippen LogP contribution in [0.2, 0.25) is 5.02 Å². The molecule has 0 spiro atoms. The first-order valence-electron chi connectivity index (χ1n) is 8.95. The summed E-state index contributed by atoms with van der Waals surface area (Å²) >= 11 is 6.04. The zero-order valence-electron chi connectivity index (χ0n) is 15.5. The molecular formula is C20H18ClFN6O. The molecule has 0 amide bonds. The summed E-state index contributed by atoms with van der Waals surface area (Å²) < 4.78 is 14.3. The van der Waals surface area contributed by atoms with E-state index in [1.807, 2.05) is 25.1 Å². The van der Waals surface area contributed by atoms with Gasteiger partial charge in [0.1, 0.15) is 5.82 Å². The van der Waals surface area contributed by atoms with Gasteiger partial charge in [0.15, 0.2) is 0 Å². The summed E-state index contributed by atoms with van der Waals surface area (Å²) in [5.41, 5.74) is 3.10. The third kappa shape index (κ3) is 4.38. The maximum absolute atomic E-state index is 13.0. The van der Waals surface area contributed by atoms with E-state index in [0.29, 0.717) is 29.8 Å². The lowest BCUT2D eigenvalue weighted by atomic mass is 10.2. The molecule has 0 aliphatic heterocycles. The topological polar surface area (TPSA) is 87.1 Å². The second-order valence-electron chi connectivity index (χ2n) is 6.59. The lowest BCUT2D eigenvalue weighted by molar-refractivity contribution is 0.627. The van der Waals surface area contributed by atoms with Crippen LogP contribution in [0.5, 0.6) is 0 Å². The molecule has 29 heavy (non-hydrogen) atoms. The first kappa shape index (κ1) is 18.9. The number of aryl methyl sites for hydroxylation is 1. The molecular weight excluding hydrogens is 395 g/mol. The Labute approximate surface area is 170 Å². The SMILES string of the molecule is Cc1ccc(Cl)cc1NCc1cc(=O)n2[nH]c(NCc3ccc(F)cc3)nc2n1. The number of H-pyrrole nitrogens is 1. The van der Waals surface area contributed by atoms with E-state index in [1.165, 1.54) is 22.7 Å². The van der Waals surface area contributed by atoms with Crippen LogP contribution in [0.1, 0.15) is 16.8 Å². The van der Waals surface area contributed by atoms with Crippen molar-refractivity contribution < 1.29 is 4.39 Å². The lowest BCUT2D eigenvalue weighted by Crippen LogP contribution is -2.17. The van der Waals surface area contributed by atoms with Crippen LogP contribution < -0.4 is 16.2 Å². The molecule has 0 radical (unpaired) electrons. The van der Waals surface area contributed by atoms with E-state index >= 15 is 0 Å². The van der Waals surface area contributed by atoms with Crippen LogP contribution >= 0.6 is 11.6 Å². The van der Waals surface area contributed by atoms with E-state index in [4.69, 9.17) is 11.6 Å². The van der Waals surface area contributed by atoms with Crippen molar-refractivity contribution in [3.05, 3.63) is 86.5 Å². The number of nitrogens with one attached hydrogen (secondary N) is 3. The third-order valence-corrected chi connectivity index (χ3v) is 4.65. The number of benzene rings is 2. The second kappa shape index (κ2) is 7.92. The molecule has 0 atom stereocenters. The second-order valence-corrected chi connectivity index (χ2v) is 7.02. The monoisotopic (exact) mass is 412 g/mol. The van der Waals surface area contributed by atoms with Gasteiger partial charge in [0.05, 0.1) is 12.2 Å². The first-order chi connectivity index (χ1) is 14.0. The van der Waals surface area contributed by atoms with Crippen LogP contribution in [0.4, 0.5) is 16.0 Å². The maximum atomic E-state index is 13.0. The number of hydrogen-bond acceptors (Lipinski definition) is 5. The van der Waals surface area contributed by atoms with E-state index in [-0.39, 0.29) is 17.2 Å². The van der Waals surface area contributed by atoms with Gasteiger partial charge in [-0.1, -0.05) is 29.8 Å². The van der Waals surface area contributed by atoms with E-state index < -0.39 is 0 Å². The van der Waals surface area contributed by atoms with Crippen molar-refractivity contribution in [3.63, 3.8) is 0 Å². The minimum atomic E-state index is -0.289. The Morgan fingerprint density at radius 2 is 1.86 bits per heavy atom. The highest BCUT2D eigenvalue weighted by atomic mass is 35.5. The molecule has 0 saturated carbocycles. The first-order valence-corrected chi connectivity index (χ1v) is 9.33. The minimum absolute atomic E-state index is 0.263. The van der Waals surface area contributed by atoms with Crippen molar-refractivity contribution >= 4 is 29.0 Å². The molecule has 0 aliphatic carbocycles. The van der Waals surface area contributed by atoms with Crippen LogP contribution in [0.15, 0.2) is 53.3 Å². The Morgan fingerprint density at radius 1 is 1.07 bits per heavy atom. The average molecular weight is 413 g/mol. The fraction of sp³-hybridized carbons (Fsp3) is 0.150. The zero-order chi connectivity index (χ0) is 20.4. The molecule has 4 rings (SSSR count). The van der Waals surface area contributed by atoms with Crippen molar-refractivity contribution in [1.82, 2.24) is 19.6 Å². The van der Waals surface area contributed by atoms with Crippen LogP contribution in [-0.4, -0.2) is 19.6 Å². The summed E-state index contributed by atoms with van der Waals surface area (Å²) in [5.74, 6) is 0.371. The number of nitrogens with zero attached hydrogens (tertiary/aromatic N) is 3. The predicted octanol–water partition coefficient (Wildman–Crippen LogP) is 3.74. The van der Waals surface area contributed by atoms with Crippen molar-refractivity contribution in [1.29, 1.82) is 0 Å². The van der Waals surface area contributed by atoms with Gasteiger partial charge in [-0.15, -0.1) is 0 Å². The summed E-state index contributed by atoms with van der Waals surface area (Å²) in [6.45, 7) is 2.76. The Bertz CT molecular complexity index is 1220. The predicted molar refractivity (Wildman–Crippen MR) is 111 cm³/mol. The van der Waals surface area contributed by atoms with Gasteiger partial charge in [0.25, 0.3) is 11.3 Å². The molecule has 2 heterocycles. The summed E-state index contributed by atoms with van der Waals surface area (Å²) in [6.07, 6.45) is 0. The highest BCUT2D eigenvalue weighted by Gasteiger charge is 2.09. The van der Waals surface area contributed by atoms with Gasteiger partial charge in [-0.3, -0.25) is 9.89 Å². The zero-order valence-corrected chi connectivity index (χ0v) is 16.3. The molecule has 0 bridgehead atoms. The highest BCUT2D eigenvalue weighted by molar-refractivity contribution is 6.30. The fourth-order valence-corrected chi connectivity index (χ4v) is 3.03. The van der Waals surface area contributed by atoms with E-state index in [9.17, 15) is 9.18 Å². The van der Waals surface area contributed by atoms with Gasteiger partial charge >= 0.3 is 0 Å².